The lowest BCUT2D eigenvalue weighted by molar-refractivity contribution is -0.126. The van der Waals surface area contributed by atoms with E-state index in [1.54, 1.807) is 55.5 Å². The minimum Gasteiger partial charge on any atom is -0.487 e. The zero-order valence-electron chi connectivity index (χ0n) is 27.7. The maximum Gasteiger partial charge on any atom is 0.285 e. The third-order valence-electron chi connectivity index (χ3n) is 7.61. The van der Waals surface area contributed by atoms with E-state index >= 15 is 0 Å². The summed E-state index contributed by atoms with van der Waals surface area (Å²) in [6.07, 6.45) is 8.17. The summed E-state index contributed by atoms with van der Waals surface area (Å²) in [6.45, 7) is 5.75. The molecule has 0 saturated carbocycles. The molecule has 0 aliphatic carbocycles. The molecule has 0 radical (unpaired) electrons. The van der Waals surface area contributed by atoms with Gasteiger partial charge in [-0.15, -0.1) is 0 Å². The second-order valence-corrected chi connectivity index (χ2v) is 14.9. The van der Waals surface area contributed by atoms with Crippen LogP contribution in [0.15, 0.2) is 143 Å². The lowest BCUT2D eigenvalue weighted by Crippen LogP contribution is -2.42. The van der Waals surface area contributed by atoms with Gasteiger partial charge < -0.3 is 10.1 Å². The van der Waals surface area contributed by atoms with Gasteiger partial charge in [0.2, 0.25) is 5.91 Å². The monoisotopic (exact) mass is 925 g/mol. The Bertz CT molecular complexity index is 2060. The number of nitrogens with one attached hydrogen (secondary N) is 1. The third-order valence-corrected chi connectivity index (χ3v) is 10.7. The molecule has 4 aromatic carbocycles. The number of rotatable bonds is 12. The lowest BCUT2D eigenvalue weighted by atomic mass is 9.99. The summed E-state index contributed by atoms with van der Waals surface area (Å²) in [4.78, 5) is 46.7. The predicted octanol–water partition coefficient (Wildman–Crippen LogP) is 10.3. The first-order valence-corrected chi connectivity index (χ1v) is 19.4. The van der Waals surface area contributed by atoms with Crippen LogP contribution in [0.25, 0.3) is 6.08 Å². The Hall–Kier alpha value is -3.94. The van der Waals surface area contributed by atoms with Gasteiger partial charge in [-0.05, 0) is 104 Å². The predicted molar refractivity (Wildman–Crippen MR) is 223 cm³/mol. The molecule has 5 rings (SSSR count). The van der Waals surface area contributed by atoms with Crippen LogP contribution in [0.5, 0.6) is 5.75 Å². The Morgan fingerprint density at radius 2 is 1.69 bits per heavy atom. The van der Waals surface area contributed by atoms with E-state index < -0.39 is 17.9 Å². The van der Waals surface area contributed by atoms with Crippen LogP contribution in [0.3, 0.4) is 0 Å². The van der Waals surface area contributed by atoms with Crippen molar-refractivity contribution in [3.63, 3.8) is 0 Å². The number of hydrogen-bond donors (Lipinski definition) is 1. The standard InChI is InChI=1S/C40H31BrCl2IN3O4S/c1-3-5-16-29(4-2)47-39(50)30(19-26-20-31(41)37(34(44)22-26)51-23-25-17-18-32(42)33(43)21-25)38(49)46-40(47)52-24-35(48)45-36(27-12-8-6-9-13-27)28-14-10-7-11-15-28/h3-22,36H,1,23-24H2,2H3,(H,45,48)/b16-5-,29-4+,30-19+. The van der Waals surface area contributed by atoms with Gasteiger partial charge in [0.05, 0.1) is 29.9 Å². The van der Waals surface area contributed by atoms with Crippen molar-refractivity contribution < 1.29 is 19.1 Å². The molecule has 7 nitrogen and oxygen atoms in total. The maximum absolute atomic E-state index is 14.1. The van der Waals surface area contributed by atoms with Crippen LogP contribution >= 0.6 is 73.5 Å². The van der Waals surface area contributed by atoms with Gasteiger partial charge in [-0.2, -0.15) is 4.99 Å². The van der Waals surface area contributed by atoms with Crippen LogP contribution in [-0.4, -0.2) is 33.5 Å². The molecule has 1 N–H and O–H groups in total. The average Bonchev–Trinajstić information content (AvgIpc) is 3.14. The summed E-state index contributed by atoms with van der Waals surface area (Å²) in [7, 11) is 0. The normalized spacial score (nSPS) is 14.3. The van der Waals surface area contributed by atoms with Crippen LogP contribution in [0, 0.1) is 3.57 Å². The van der Waals surface area contributed by atoms with Gasteiger partial charge in [-0.3, -0.25) is 19.3 Å². The summed E-state index contributed by atoms with van der Waals surface area (Å²) in [5, 5.41) is 4.08. The van der Waals surface area contributed by atoms with Gasteiger partial charge in [-0.1, -0.05) is 127 Å². The molecule has 0 unspecified atom stereocenters. The van der Waals surface area contributed by atoms with Gasteiger partial charge in [0.25, 0.3) is 11.8 Å². The van der Waals surface area contributed by atoms with E-state index in [1.165, 1.54) is 11.0 Å². The summed E-state index contributed by atoms with van der Waals surface area (Å²) >= 11 is 18.9. The highest BCUT2D eigenvalue weighted by molar-refractivity contribution is 14.1. The average molecular weight is 927 g/mol. The molecule has 0 atom stereocenters. The number of allylic oxidation sites excluding steroid dienone is 4. The van der Waals surface area contributed by atoms with Crippen molar-refractivity contribution >= 4 is 102 Å². The van der Waals surface area contributed by atoms with E-state index in [-0.39, 0.29) is 29.0 Å². The minimum absolute atomic E-state index is 0.0851. The fourth-order valence-corrected chi connectivity index (χ4v) is 8.04. The number of ether oxygens (including phenoxy) is 1. The second kappa shape index (κ2) is 18.7. The zero-order chi connectivity index (χ0) is 37.2. The van der Waals surface area contributed by atoms with Crippen molar-refractivity contribution in [3.05, 3.63) is 173 Å². The van der Waals surface area contributed by atoms with Crippen molar-refractivity contribution in [2.24, 2.45) is 4.99 Å². The number of nitrogens with zero attached hydrogens (tertiary/aromatic N) is 2. The molecule has 3 amide bonds. The third kappa shape index (κ3) is 9.93. The summed E-state index contributed by atoms with van der Waals surface area (Å²) in [5.41, 5.74) is 3.58. The summed E-state index contributed by atoms with van der Waals surface area (Å²) in [6, 6.07) is 27.7. The minimum atomic E-state index is -0.718. The molecule has 0 aromatic heterocycles. The topological polar surface area (TPSA) is 88.1 Å². The number of halogens is 4. The van der Waals surface area contributed by atoms with E-state index in [1.807, 2.05) is 66.7 Å². The molecule has 4 aromatic rings. The number of carbonyl (C=O) groups excluding carboxylic acids is 3. The van der Waals surface area contributed by atoms with E-state index in [2.05, 4.69) is 55.4 Å². The first-order valence-electron chi connectivity index (χ1n) is 15.8. The van der Waals surface area contributed by atoms with Crippen LogP contribution in [0.4, 0.5) is 0 Å². The Labute approximate surface area is 338 Å². The molecule has 0 fully saturated rings. The first kappa shape index (κ1) is 39.3. The van der Waals surface area contributed by atoms with Crippen molar-refractivity contribution in [2.75, 3.05) is 5.75 Å². The van der Waals surface area contributed by atoms with E-state index in [0.717, 1.165) is 32.0 Å². The highest BCUT2D eigenvalue weighted by atomic mass is 127. The molecule has 264 valence electrons. The fraction of sp³-hybridized carbons (Fsp3) is 0.100. The highest BCUT2D eigenvalue weighted by Gasteiger charge is 2.35. The van der Waals surface area contributed by atoms with Crippen LogP contribution in [0.1, 0.15) is 35.2 Å². The smallest absolute Gasteiger partial charge is 0.285 e. The molecule has 1 aliphatic rings. The van der Waals surface area contributed by atoms with Crippen molar-refractivity contribution in [1.82, 2.24) is 10.2 Å². The Morgan fingerprint density at radius 3 is 2.29 bits per heavy atom. The maximum atomic E-state index is 14.1. The fourth-order valence-electron chi connectivity index (χ4n) is 5.15. The van der Waals surface area contributed by atoms with Crippen LogP contribution in [0.2, 0.25) is 10.0 Å². The molecule has 1 heterocycles. The molecule has 0 spiro atoms. The number of amidine groups is 1. The SMILES string of the molecule is C=C/C=C\C(=C/C)N1C(=O)/C(=C/c2cc(Br)c(OCc3ccc(Cl)c(Cl)c3)c(I)c2)C(=O)N=C1SCC(=O)NC(c1ccccc1)c1ccccc1. The molecular formula is C40H31BrCl2IN3O4S. The molecule has 12 heteroatoms. The molecule has 0 bridgehead atoms. The number of amides is 3. The summed E-state index contributed by atoms with van der Waals surface area (Å²) in [5.74, 6) is -1.11. The molecule has 1 aliphatic heterocycles. The van der Waals surface area contributed by atoms with Crippen molar-refractivity contribution in [1.29, 1.82) is 0 Å². The number of hydrogen-bond acceptors (Lipinski definition) is 5. The number of thioether (sulfide) groups is 1. The first-order chi connectivity index (χ1) is 25.1. The van der Waals surface area contributed by atoms with Crippen molar-refractivity contribution in [2.45, 2.75) is 19.6 Å². The van der Waals surface area contributed by atoms with Gasteiger partial charge in [0.1, 0.15) is 17.9 Å². The van der Waals surface area contributed by atoms with Gasteiger partial charge in [0.15, 0.2) is 5.17 Å². The largest absolute Gasteiger partial charge is 0.487 e. The molecule has 52 heavy (non-hydrogen) atoms. The van der Waals surface area contributed by atoms with Crippen molar-refractivity contribution in [3.8, 4) is 5.75 Å². The second-order valence-electron chi connectivity index (χ2n) is 11.2. The number of aliphatic imine (C=N–C) groups is 1. The molecular weight excluding hydrogens is 896 g/mol. The van der Waals surface area contributed by atoms with E-state index in [0.29, 0.717) is 31.5 Å². The number of benzene rings is 4. The summed E-state index contributed by atoms with van der Waals surface area (Å²) < 4.78 is 7.43. The van der Waals surface area contributed by atoms with Gasteiger partial charge in [0, 0.05) is 5.70 Å². The number of carbonyl (C=O) groups is 3. The van der Waals surface area contributed by atoms with Gasteiger partial charge in [-0.25, -0.2) is 0 Å². The molecule has 0 saturated heterocycles. The Morgan fingerprint density at radius 1 is 1.02 bits per heavy atom. The lowest BCUT2D eigenvalue weighted by Gasteiger charge is -2.28. The highest BCUT2D eigenvalue weighted by Crippen LogP contribution is 2.35. The van der Waals surface area contributed by atoms with Crippen LogP contribution in [-0.2, 0) is 21.0 Å². The van der Waals surface area contributed by atoms with Gasteiger partial charge >= 0.3 is 0 Å². The van der Waals surface area contributed by atoms with E-state index in [9.17, 15) is 14.4 Å². The quantitative estimate of drug-likeness (QED) is 0.0662. The Balaban J connectivity index is 1.39. The van der Waals surface area contributed by atoms with E-state index in [4.69, 9.17) is 27.9 Å². The Kier molecular flexibility index (Phi) is 14.1. The zero-order valence-corrected chi connectivity index (χ0v) is 33.8. The van der Waals surface area contributed by atoms with Crippen LogP contribution < -0.4 is 10.1 Å².